The van der Waals surface area contributed by atoms with E-state index in [1.54, 1.807) is 7.85 Å². The molecule has 0 aliphatic heterocycles. The molecule has 0 aliphatic rings. The zero-order valence-corrected chi connectivity index (χ0v) is 6.46. The Morgan fingerprint density at radius 2 is 1.91 bits per heavy atom. The van der Waals surface area contributed by atoms with Gasteiger partial charge in [-0.25, -0.2) is 0 Å². The van der Waals surface area contributed by atoms with E-state index < -0.39 is 0 Å². The minimum atomic E-state index is 0.0971. The van der Waals surface area contributed by atoms with Crippen molar-refractivity contribution in [3.8, 4) is 11.7 Å². The van der Waals surface area contributed by atoms with E-state index in [0.29, 0.717) is 0 Å². The maximum Gasteiger partial charge on any atom is 0.196 e. The molecule has 0 spiro atoms. The van der Waals surface area contributed by atoms with Gasteiger partial charge in [0.05, 0.1) is 6.61 Å². The molecule has 0 aromatic heterocycles. The lowest BCUT2D eigenvalue weighted by molar-refractivity contribution is 0.282. The summed E-state index contributed by atoms with van der Waals surface area (Å²) in [5.41, 5.74) is 1.91. The highest BCUT2D eigenvalue weighted by Crippen LogP contribution is 2.02. The first-order chi connectivity index (χ1) is 5.36. The third-order valence-corrected chi connectivity index (χ3v) is 1.41. The van der Waals surface area contributed by atoms with Crippen molar-refractivity contribution in [1.82, 2.24) is 0 Å². The van der Waals surface area contributed by atoms with E-state index in [-0.39, 0.29) is 6.61 Å². The molecule has 1 aromatic carbocycles. The fourth-order valence-corrected chi connectivity index (χ4v) is 0.838. The molecular formula is C9H9BO. The van der Waals surface area contributed by atoms with Crippen molar-refractivity contribution in [3.05, 3.63) is 35.4 Å². The Labute approximate surface area is 67.5 Å². The average molecular weight is 144 g/mol. The monoisotopic (exact) mass is 144 g/mol. The summed E-state index contributed by atoms with van der Waals surface area (Å²) < 4.78 is 0. The molecule has 0 radical (unpaired) electrons. The molecule has 0 saturated heterocycles. The topological polar surface area (TPSA) is 20.2 Å². The van der Waals surface area contributed by atoms with Crippen LogP contribution in [0.1, 0.15) is 11.1 Å². The van der Waals surface area contributed by atoms with E-state index in [1.807, 2.05) is 24.3 Å². The predicted octanol–water partition coefficient (Wildman–Crippen LogP) is 0.121. The van der Waals surface area contributed by atoms with Gasteiger partial charge in [0.1, 0.15) is 0 Å². The summed E-state index contributed by atoms with van der Waals surface area (Å²) in [4.78, 5) is 0. The van der Waals surface area contributed by atoms with Crippen LogP contribution < -0.4 is 0 Å². The second-order valence-corrected chi connectivity index (χ2v) is 2.23. The number of hydrogen-bond donors (Lipinski definition) is 1. The fourth-order valence-electron chi connectivity index (χ4n) is 0.838. The minimum absolute atomic E-state index is 0.0971. The maximum atomic E-state index is 8.72. The van der Waals surface area contributed by atoms with Gasteiger partial charge in [-0.1, -0.05) is 18.1 Å². The second kappa shape index (κ2) is 3.85. The van der Waals surface area contributed by atoms with Gasteiger partial charge < -0.3 is 5.11 Å². The molecule has 0 bridgehead atoms. The average Bonchev–Trinajstić information content (AvgIpc) is 2.07. The van der Waals surface area contributed by atoms with E-state index >= 15 is 0 Å². The Hall–Kier alpha value is -1.20. The first-order valence-corrected chi connectivity index (χ1v) is 3.49. The van der Waals surface area contributed by atoms with Gasteiger partial charge in [0.2, 0.25) is 0 Å². The van der Waals surface area contributed by atoms with Crippen LogP contribution in [-0.2, 0) is 6.61 Å². The number of hydrogen-bond acceptors (Lipinski definition) is 1. The molecule has 0 amide bonds. The molecule has 54 valence electrons. The predicted molar refractivity (Wildman–Crippen MR) is 47.8 cm³/mol. The van der Waals surface area contributed by atoms with E-state index in [9.17, 15) is 0 Å². The van der Waals surface area contributed by atoms with Crippen LogP contribution in [0.3, 0.4) is 0 Å². The summed E-state index contributed by atoms with van der Waals surface area (Å²) in [6.07, 6.45) is 0. The van der Waals surface area contributed by atoms with E-state index in [4.69, 9.17) is 5.11 Å². The smallest absolute Gasteiger partial charge is 0.196 e. The van der Waals surface area contributed by atoms with Crippen LogP contribution in [0.5, 0.6) is 0 Å². The summed E-state index contributed by atoms with van der Waals surface area (Å²) >= 11 is 0. The summed E-state index contributed by atoms with van der Waals surface area (Å²) in [7, 11) is 1.81. The van der Waals surface area contributed by atoms with Crippen molar-refractivity contribution in [2.24, 2.45) is 0 Å². The van der Waals surface area contributed by atoms with E-state index in [0.717, 1.165) is 11.1 Å². The van der Waals surface area contributed by atoms with Gasteiger partial charge in [-0.3, -0.25) is 0 Å². The van der Waals surface area contributed by atoms with Crippen molar-refractivity contribution in [2.75, 3.05) is 0 Å². The van der Waals surface area contributed by atoms with Crippen molar-refractivity contribution in [3.63, 3.8) is 0 Å². The molecule has 0 fully saturated rings. The van der Waals surface area contributed by atoms with Gasteiger partial charge in [-0.2, -0.15) is 5.82 Å². The number of aliphatic hydroxyl groups excluding tert-OH is 1. The molecule has 0 aliphatic carbocycles. The highest BCUT2D eigenvalue weighted by Gasteiger charge is 1.88. The van der Waals surface area contributed by atoms with Crippen LogP contribution in [0.15, 0.2) is 24.3 Å². The summed E-state index contributed by atoms with van der Waals surface area (Å²) in [6.45, 7) is 0.0971. The lowest BCUT2D eigenvalue weighted by Crippen LogP contribution is -1.82. The highest BCUT2D eigenvalue weighted by atomic mass is 16.3. The van der Waals surface area contributed by atoms with E-state index in [2.05, 4.69) is 11.7 Å². The number of benzene rings is 1. The van der Waals surface area contributed by atoms with Gasteiger partial charge in [-0.15, -0.1) is 0 Å². The molecule has 0 atom stereocenters. The largest absolute Gasteiger partial charge is 0.392 e. The lowest BCUT2D eigenvalue weighted by atomic mass is 10.1. The van der Waals surface area contributed by atoms with Crippen LogP contribution >= 0.6 is 0 Å². The molecule has 11 heavy (non-hydrogen) atoms. The zero-order valence-electron chi connectivity index (χ0n) is 6.46. The fraction of sp³-hybridized carbons (Fsp3) is 0.111. The Balaban J connectivity index is 2.88. The first kappa shape index (κ1) is 7.91. The second-order valence-electron chi connectivity index (χ2n) is 2.23. The molecular weight excluding hydrogens is 135 g/mol. The number of aliphatic hydroxyl groups is 1. The normalized spacial score (nSPS) is 8.45. The van der Waals surface area contributed by atoms with Crippen LogP contribution in [0.25, 0.3) is 0 Å². The standard InChI is InChI=1S/C9H9BO/c10-6-5-8-1-3-9(7-11)4-2-8/h1-4,11H,7,10H2. The molecule has 0 unspecified atom stereocenters. The number of rotatable bonds is 1. The third-order valence-electron chi connectivity index (χ3n) is 1.41. The van der Waals surface area contributed by atoms with Gasteiger partial charge in [-0.05, 0) is 17.7 Å². The Morgan fingerprint density at radius 1 is 1.27 bits per heavy atom. The molecule has 1 aromatic rings. The molecule has 0 saturated carbocycles. The minimum Gasteiger partial charge on any atom is -0.392 e. The van der Waals surface area contributed by atoms with E-state index in [1.165, 1.54) is 0 Å². The third kappa shape index (κ3) is 2.14. The zero-order chi connectivity index (χ0) is 8.10. The van der Waals surface area contributed by atoms with Crippen LogP contribution in [0.2, 0.25) is 0 Å². The van der Waals surface area contributed by atoms with Crippen molar-refractivity contribution < 1.29 is 5.11 Å². The quantitative estimate of drug-likeness (QED) is 0.438. The van der Waals surface area contributed by atoms with Crippen molar-refractivity contribution >= 4 is 7.85 Å². The Kier molecular flexibility index (Phi) is 2.77. The van der Waals surface area contributed by atoms with Crippen molar-refractivity contribution in [1.29, 1.82) is 0 Å². The highest BCUT2D eigenvalue weighted by molar-refractivity contribution is 6.22. The van der Waals surface area contributed by atoms with Crippen molar-refractivity contribution in [2.45, 2.75) is 6.61 Å². The Bertz CT molecular complexity index is 279. The van der Waals surface area contributed by atoms with Gasteiger partial charge >= 0.3 is 0 Å². The van der Waals surface area contributed by atoms with Gasteiger partial charge in [0.15, 0.2) is 7.85 Å². The molecule has 1 nitrogen and oxygen atoms in total. The van der Waals surface area contributed by atoms with Gasteiger partial charge in [0.25, 0.3) is 0 Å². The summed E-state index contributed by atoms with van der Waals surface area (Å²) in [6, 6.07) is 7.56. The molecule has 1 N–H and O–H groups in total. The molecule has 0 heterocycles. The molecule has 2 heteroatoms. The summed E-state index contributed by atoms with van der Waals surface area (Å²) in [5.74, 6) is 5.74. The van der Waals surface area contributed by atoms with Crippen LogP contribution in [-0.4, -0.2) is 13.0 Å². The van der Waals surface area contributed by atoms with Crippen LogP contribution in [0, 0.1) is 11.7 Å². The molecule has 1 rings (SSSR count). The lowest BCUT2D eigenvalue weighted by Gasteiger charge is -1.94. The summed E-state index contributed by atoms with van der Waals surface area (Å²) in [5, 5.41) is 8.72. The Morgan fingerprint density at radius 3 is 2.36 bits per heavy atom. The SMILES string of the molecule is BC#Cc1ccc(CO)cc1. The maximum absolute atomic E-state index is 8.72. The van der Waals surface area contributed by atoms with Gasteiger partial charge in [0, 0.05) is 5.56 Å². The van der Waals surface area contributed by atoms with Crippen LogP contribution in [0.4, 0.5) is 0 Å². The first-order valence-electron chi connectivity index (χ1n) is 3.49.